The molecule has 3 N–H and O–H groups in total. The number of nitrogens with one attached hydrogen (secondary N) is 1. The molecule has 3 aromatic rings. The van der Waals surface area contributed by atoms with Gasteiger partial charge in [0.25, 0.3) is 5.69 Å². The predicted molar refractivity (Wildman–Crippen MR) is 101 cm³/mol. The van der Waals surface area contributed by atoms with Crippen LogP contribution in [0.1, 0.15) is 21.7 Å². The molecule has 0 radical (unpaired) electrons. The monoisotopic (exact) mass is 380 g/mol. The summed E-state index contributed by atoms with van der Waals surface area (Å²) in [5.74, 6) is -0.607. The number of ether oxygens (including phenoxy) is 1. The number of nitrogens with two attached hydrogens (primary N) is 1. The molecule has 0 atom stereocenters. The highest BCUT2D eigenvalue weighted by atomic mass is 16.6. The van der Waals surface area contributed by atoms with Crippen molar-refractivity contribution in [2.45, 2.75) is 13.5 Å². The van der Waals surface area contributed by atoms with Crippen molar-refractivity contribution in [1.82, 2.24) is 15.0 Å². The minimum Gasteiger partial charge on any atom is -0.454 e. The van der Waals surface area contributed by atoms with E-state index in [0.29, 0.717) is 5.56 Å². The topological polar surface area (TPSA) is 146 Å². The molecule has 0 unspecified atom stereocenters. The second-order valence-electron chi connectivity index (χ2n) is 5.73. The van der Waals surface area contributed by atoms with Crippen molar-refractivity contribution in [1.29, 1.82) is 0 Å². The van der Waals surface area contributed by atoms with Crippen LogP contribution in [0.2, 0.25) is 0 Å². The van der Waals surface area contributed by atoms with Crippen LogP contribution in [-0.4, -0.2) is 25.8 Å². The van der Waals surface area contributed by atoms with E-state index in [4.69, 9.17) is 10.5 Å². The Morgan fingerprint density at radius 3 is 2.61 bits per heavy atom. The van der Waals surface area contributed by atoms with Gasteiger partial charge < -0.3 is 15.8 Å². The van der Waals surface area contributed by atoms with Gasteiger partial charge in [-0.05, 0) is 24.6 Å². The molecule has 0 spiro atoms. The van der Waals surface area contributed by atoms with Crippen LogP contribution in [0.3, 0.4) is 0 Å². The van der Waals surface area contributed by atoms with Gasteiger partial charge in [0.2, 0.25) is 11.9 Å². The van der Waals surface area contributed by atoms with Crippen LogP contribution < -0.4 is 11.1 Å². The highest BCUT2D eigenvalue weighted by Gasteiger charge is 2.23. The zero-order valence-corrected chi connectivity index (χ0v) is 14.8. The van der Waals surface area contributed by atoms with Gasteiger partial charge in [0, 0.05) is 11.8 Å². The van der Waals surface area contributed by atoms with Gasteiger partial charge in [-0.2, -0.15) is 15.0 Å². The summed E-state index contributed by atoms with van der Waals surface area (Å²) in [5, 5.41) is 14.1. The number of aryl methyl sites for hydroxylation is 1. The molecule has 0 amide bonds. The highest BCUT2D eigenvalue weighted by Crippen LogP contribution is 2.23. The Morgan fingerprint density at radius 2 is 1.89 bits per heavy atom. The Morgan fingerprint density at radius 1 is 1.14 bits per heavy atom. The normalized spacial score (nSPS) is 10.3. The first-order valence-electron chi connectivity index (χ1n) is 8.17. The Bertz CT molecular complexity index is 1030. The molecular weight excluding hydrogens is 364 g/mol. The van der Waals surface area contributed by atoms with E-state index in [1.165, 1.54) is 12.1 Å². The number of anilines is 3. The van der Waals surface area contributed by atoms with Crippen molar-refractivity contribution in [3.05, 3.63) is 75.6 Å². The minimum absolute atomic E-state index is 0.0543. The number of hydrogen-bond acceptors (Lipinski definition) is 9. The maximum absolute atomic E-state index is 12.4. The van der Waals surface area contributed by atoms with Gasteiger partial charge in [-0.1, -0.05) is 30.3 Å². The number of carbonyl (C=O) groups excluding carboxylic acids is 1. The molecule has 0 saturated carbocycles. The number of nitrogens with zero attached hydrogens (tertiary/aromatic N) is 4. The van der Waals surface area contributed by atoms with E-state index in [0.717, 1.165) is 5.69 Å². The molecule has 1 aromatic heterocycles. The molecule has 10 heteroatoms. The summed E-state index contributed by atoms with van der Waals surface area (Å²) in [5.41, 5.74) is 6.42. The van der Waals surface area contributed by atoms with Crippen LogP contribution >= 0.6 is 0 Å². The number of carbonyl (C=O) groups is 1. The highest BCUT2D eigenvalue weighted by molar-refractivity contribution is 5.95. The quantitative estimate of drug-likeness (QED) is 0.374. The van der Waals surface area contributed by atoms with Gasteiger partial charge in [-0.25, -0.2) is 4.79 Å². The zero-order chi connectivity index (χ0) is 20.1. The summed E-state index contributed by atoms with van der Waals surface area (Å²) in [6.07, 6.45) is 0. The first-order chi connectivity index (χ1) is 13.4. The van der Waals surface area contributed by atoms with E-state index in [1.807, 2.05) is 30.3 Å². The second-order valence-corrected chi connectivity index (χ2v) is 5.73. The number of rotatable bonds is 6. The van der Waals surface area contributed by atoms with Crippen LogP contribution in [0.25, 0.3) is 0 Å². The second kappa shape index (κ2) is 8.08. The summed E-state index contributed by atoms with van der Waals surface area (Å²) in [7, 11) is 0. The van der Waals surface area contributed by atoms with Crippen LogP contribution in [0.5, 0.6) is 0 Å². The summed E-state index contributed by atoms with van der Waals surface area (Å²) >= 11 is 0. The molecule has 0 aliphatic carbocycles. The van der Waals surface area contributed by atoms with Crippen LogP contribution in [0.4, 0.5) is 23.3 Å². The first kappa shape index (κ1) is 18.7. The fraction of sp³-hybridized carbons (Fsp3) is 0.111. The van der Waals surface area contributed by atoms with E-state index in [9.17, 15) is 14.9 Å². The molecule has 3 rings (SSSR count). The lowest BCUT2D eigenvalue weighted by molar-refractivity contribution is -0.385. The van der Waals surface area contributed by atoms with Gasteiger partial charge in [-0.15, -0.1) is 0 Å². The summed E-state index contributed by atoms with van der Waals surface area (Å²) in [6.45, 7) is 1.27. The van der Waals surface area contributed by atoms with Gasteiger partial charge in [0.05, 0.1) is 4.92 Å². The molecule has 10 nitrogen and oxygen atoms in total. The Kier molecular flexibility index (Phi) is 5.40. The van der Waals surface area contributed by atoms with Crippen molar-refractivity contribution in [2.24, 2.45) is 0 Å². The summed E-state index contributed by atoms with van der Waals surface area (Å²) in [4.78, 5) is 35.0. The molecule has 28 heavy (non-hydrogen) atoms. The van der Waals surface area contributed by atoms with E-state index in [-0.39, 0.29) is 35.6 Å². The lowest BCUT2D eigenvalue weighted by Gasteiger charge is -2.09. The van der Waals surface area contributed by atoms with Gasteiger partial charge in [0.15, 0.2) is 12.4 Å². The van der Waals surface area contributed by atoms with Crippen molar-refractivity contribution in [3.8, 4) is 0 Å². The molecule has 0 aliphatic rings. The first-order valence-corrected chi connectivity index (χ1v) is 8.17. The molecule has 142 valence electrons. The van der Waals surface area contributed by atoms with Crippen LogP contribution in [0.15, 0.2) is 48.5 Å². The van der Waals surface area contributed by atoms with Crippen LogP contribution in [-0.2, 0) is 11.3 Å². The fourth-order valence-corrected chi connectivity index (χ4v) is 2.48. The number of hydrogen-bond donors (Lipinski definition) is 2. The SMILES string of the molecule is Cc1cccc([N+](=O)[O-])c1C(=O)OCc1nc(N)nc(Nc2ccccc2)n1. The third-order valence-corrected chi connectivity index (χ3v) is 3.71. The molecule has 0 saturated heterocycles. The standard InChI is InChI=1S/C18H16N6O4/c1-11-6-5-9-13(24(26)27)15(11)16(25)28-10-14-21-17(19)23-18(22-14)20-12-7-3-2-4-8-12/h2-9H,10H2,1H3,(H3,19,20,21,22,23). The Hall–Kier alpha value is -4.08. The lowest BCUT2D eigenvalue weighted by Crippen LogP contribution is -2.13. The number of benzene rings is 2. The number of esters is 1. The number of nitro groups is 1. The number of aromatic nitrogens is 3. The Labute approximate surface area is 159 Å². The maximum Gasteiger partial charge on any atom is 0.345 e. The minimum atomic E-state index is -0.846. The summed E-state index contributed by atoms with van der Waals surface area (Å²) in [6, 6.07) is 13.5. The summed E-state index contributed by atoms with van der Waals surface area (Å²) < 4.78 is 5.17. The molecular formula is C18H16N6O4. The molecule has 2 aromatic carbocycles. The van der Waals surface area contributed by atoms with Crippen molar-refractivity contribution in [3.63, 3.8) is 0 Å². The zero-order valence-electron chi connectivity index (χ0n) is 14.8. The third kappa shape index (κ3) is 4.36. The van der Waals surface area contributed by atoms with E-state index < -0.39 is 10.9 Å². The van der Waals surface area contributed by atoms with Crippen LogP contribution in [0, 0.1) is 17.0 Å². The molecule has 1 heterocycles. The van der Waals surface area contributed by atoms with Gasteiger partial charge in [-0.3, -0.25) is 10.1 Å². The number of nitrogen functional groups attached to an aromatic ring is 1. The predicted octanol–water partition coefficient (Wildman–Crippen LogP) is 2.77. The third-order valence-electron chi connectivity index (χ3n) is 3.71. The smallest absolute Gasteiger partial charge is 0.345 e. The van der Waals surface area contributed by atoms with E-state index in [2.05, 4.69) is 20.3 Å². The molecule has 0 bridgehead atoms. The molecule has 0 fully saturated rings. The van der Waals surface area contributed by atoms with Crippen molar-refractivity contribution < 1.29 is 14.5 Å². The Balaban J connectivity index is 1.76. The van der Waals surface area contributed by atoms with E-state index >= 15 is 0 Å². The average Bonchev–Trinajstić information content (AvgIpc) is 2.66. The van der Waals surface area contributed by atoms with Crippen molar-refractivity contribution in [2.75, 3.05) is 11.1 Å². The fourth-order valence-electron chi connectivity index (χ4n) is 2.48. The maximum atomic E-state index is 12.4. The van der Waals surface area contributed by atoms with Gasteiger partial charge in [0.1, 0.15) is 5.56 Å². The average molecular weight is 380 g/mol. The lowest BCUT2D eigenvalue weighted by atomic mass is 10.1. The van der Waals surface area contributed by atoms with Gasteiger partial charge >= 0.3 is 5.97 Å². The van der Waals surface area contributed by atoms with E-state index in [1.54, 1.807) is 13.0 Å². The number of para-hydroxylation sites is 1. The largest absolute Gasteiger partial charge is 0.454 e. The van der Waals surface area contributed by atoms with Crippen molar-refractivity contribution >= 4 is 29.2 Å². The number of nitro benzene ring substituents is 1. The molecule has 0 aliphatic heterocycles.